The Morgan fingerprint density at radius 2 is 1.96 bits per heavy atom. The number of aromatic nitrogens is 2. The molecule has 1 amide bonds. The summed E-state index contributed by atoms with van der Waals surface area (Å²) >= 11 is 3.17. The van der Waals surface area contributed by atoms with E-state index in [1.807, 2.05) is 31.2 Å². The maximum atomic E-state index is 13.7. The Bertz CT molecular complexity index is 894. The van der Waals surface area contributed by atoms with Gasteiger partial charge in [-0.15, -0.1) is 10.2 Å². The SMILES string of the molecule is Cc1ccc(-c2nnc(CCC(=O)Nc3ccc(Br)cc3F)o2)cc1. The smallest absolute Gasteiger partial charge is 0.247 e. The van der Waals surface area contributed by atoms with Crippen LogP contribution in [0.4, 0.5) is 10.1 Å². The van der Waals surface area contributed by atoms with Crippen LogP contribution in [0.3, 0.4) is 0 Å². The third-order valence-electron chi connectivity index (χ3n) is 3.54. The molecule has 25 heavy (non-hydrogen) atoms. The first-order chi connectivity index (χ1) is 12.0. The first kappa shape index (κ1) is 17.3. The van der Waals surface area contributed by atoms with Gasteiger partial charge in [-0.25, -0.2) is 4.39 Å². The predicted octanol–water partition coefficient (Wildman–Crippen LogP) is 4.52. The number of halogens is 2. The molecule has 0 saturated heterocycles. The number of anilines is 1. The van der Waals surface area contributed by atoms with Crippen LogP contribution in [-0.2, 0) is 11.2 Å². The number of hydrogen-bond acceptors (Lipinski definition) is 4. The van der Waals surface area contributed by atoms with E-state index < -0.39 is 5.82 Å². The van der Waals surface area contributed by atoms with Gasteiger partial charge in [-0.05, 0) is 37.3 Å². The number of nitrogens with one attached hydrogen (secondary N) is 1. The van der Waals surface area contributed by atoms with Gasteiger partial charge >= 0.3 is 0 Å². The van der Waals surface area contributed by atoms with Crippen molar-refractivity contribution in [1.29, 1.82) is 0 Å². The van der Waals surface area contributed by atoms with Crippen molar-refractivity contribution in [3.63, 3.8) is 0 Å². The van der Waals surface area contributed by atoms with Gasteiger partial charge in [0.15, 0.2) is 0 Å². The van der Waals surface area contributed by atoms with E-state index in [2.05, 4.69) is 31.4 Å². The van der Waals surface area contributed by atoms with Gasteiger partial charge in [0.05, 0.1) is 5.69 Å². The molecule has 3 aromatic rings. The van der Waals surface area contributed by atoms with E-state index in [-0.39, 0.29) is 24.4 Å². The summed E-state index contributed by atoms with van der Waals surface area (Å²) in [4.78, 5) is 12.0. The van der Waals surface area contributed by atoms with Gasteiger partial charge < -0.3 is 9.73 Å². The summed E-state index contributed by atoms with van der Waals surface area (Å²) < 4.78 is 19.9. The van der Waals surface area contributed by atoms with Crippen molar-refractivity contribution in [2.75, 3.05) is 5.32 Å². The summed E-state index contributed by atoms with van der Waals surface area (Å²) in [5, 5.41) is 10.5. The van der Waals surface area contributed by atoms with Gasteiger partial charge in [-0.1, -0.05) is 33.6 Å². The molecule has 5 nitrogen and oxygen atoms in total. The quantitative estimate of drug-likeness (QED) is 0.679. The molecule has 2 aromatic carbocycles. The van der Waals surface area contributed by atoms with Crippen LogP contribution in [0.1, 0.15) is 17.9 Å². The summed E-state index contributed by atoms with van der Waals surface area (Å²) in [6.45, 7) is 2.00. The molecule has 1 N–H and O–H groups in total. The number of aryl methyl sites for hydroxylation is 2. The number of nitrogens with zero attached hydrogens (tertiary/aromatic N) is 2. The molecule has 3 rings (SSSR count). The Hall–Kier alpha value is -2.54. The fourth-order valence-electron chi connectivity index (χ4n) is 2.19. The molecule has 0 atom stereocenters. The molecular formula is C18H15BrFN3O2. The van der Waals surface area contributed by atoms with E-state index in [1.165, 1.54) is 12.1 Å². The van der Waals surface area contributed by atoms with Gasteiger partial charge in [-0.3, -0.25) is 4.79 Å². The highest BCUT2D eigenvalue weighted by atomic mass is 79.9. The number of amides is 1. The molecule has 128 valence electrons. The van der Waals surface area contributed by atoms with Crippen molar-refractivity contribution in [2.24, 2.45) is 0 Å². The number of rotatable bonds is 5. The minimum absolute atomic E-state index is 0.116. The van der Waals surface area contributed by atoms with Crippen LogP contribution < -0.4 is 5.32 Å². The second-order valence-corrected chi connectivity index (χ2v) is 6.45. The van der Waals surface area contributed by atoms with Crippen molar-refractivity contribution in [3.05, 3.63) is 64.2 Å². The molecule has 0 fully saturated rings. The van der Waals surface area contributed by atoms with E-state index >= 15 is 0 Å². The second-order valence-electron chi connectivity index (χ2n) is 5.54. The molecule has 1 heterocycles. The van der Waals surface area contributed by atoms with Crippen molar-refractivity contribution < 1.29 is 13.6 Å². The summed E-state index contributed by atoms with van der Waals surface area (Å²) in [5.74, 6) is -0.0464. The molecule has 7 heteroatoms. The highest BCUT2D eigenvalue weighted by Crippen LogP contribution is 2.21. The normalized spacial score (nSPS) is 10.7. The fraction of sp³-hybridized carbons (Fsp3) is 0.167. The standard InChI is InChI=1S/C18H15BrFN3O2/c1-11-2-4-12(5-3-11)18-23-22-17(25-18)9-8-16(24)21-15-7-6-13(19)10-14(15)20/h2-7,10H,8-9H2,1H3,(H,21,24). The van der Waals surface area contributed by atoms with Crippen LogP contribution in [0.15, 0.2) is 51.4 Å². The van der Waals surface area contributed by atoms with Crippen molar-refractivity contribution in [3.8, 4) is 11.5 Å². The lowest BCUT2D eigenvalue weighted by molar-refractivity contribution is -0.116. The summed E-state index contributed by atoms with van der Waals surface area (Å²) in [5.41, 5.74) is 2.10. The molecule has 1 aromatic heterocycles. The van der Waals surface area contributed by atoms with Crippen molar-refractivity contribution >= 4 is 27.5 Å². The lowest BCUT2D eigenvalue weighted by Gasteiger charge is -2.05. The van der Waals surface area contributed by atoms with Crippen LogP contribution in [0.5, 0.6) is 0 Å². The minimum atomic E-state index is -0.498. The Morgan fingerprint density at radius 1 is 1.20 bits per heavy atom. The van der Waals surface area contributed by atoms with Crippen LogP contribution in [-0.4, -0.2) is 16.1 Å². The molecule has 0 aliphatic heterocycles. The number of carbonyl (C=O) groups excluding carboxylic acids is 1. The summed E-state index contributed by atoms with van der Waals surface area (Å²) in [6, 6.07) is 12.2. The maximum Gasteiger partial charge on any atom is 0.247 e. The topological polar surface area (TPSA) is 68.0 Å². The zero-order valence-corrected chi connectivity index (χ0v) is 15.0. The third-order valence-corrected chi connectivity index (χ3v) is 4.03. The molecule has 0 unspecified atom stereocenters. The lowest BCUT2D eigenvalue weighted by atomic mass is 10.1. The summed E-state index contributed by atoms with van der Waals surface area (Å²) in [7, 11) is 0. The Morgan fingerprint density at radius 3 is 2.68 bits per heavy atom. The van der Waals surface area contributed by atoms with Crippen LogP contribution in [0.25, 0.3) is 11.5 Å². The monoisotopic (exact) mass is 403 g/mol. The molecular weight excluding hydrogens is 389 g/mol. The highest BCUT2D eigenvalue weighted by molar-refractivity contribution is 9.10. The minimum Gasteiger partial charge on any atom is -0.421 e. The molecule has 0 aliphatic rings. The average molecular weight is 404 g/mol. The van der Waals surface area contributed by atoms with E-state index in [0.717, 1.165) is 11.1 Å². The predicted molar refractivity (Wildman–Crippen MR) is 95.5 cm³/mol. The van der Waals surface area contributed by atoms with Gasteiger partial charge in [0.1, 0.15) is 5.82 Å². The fourth-order valence-corrected chi connectivity index (χ4v) is 2.52. The molecule has 0 saturated carbocycles. The third kappa shape index (κ3) is 4.51. The van der Waals surface area contributed by atoms with E-state index in [4.69, 9.17) is 4.42 Å². The van der Waals surface area contributed by atoms with Gasteiger partial charge in [0, 0.05) is 22.9 Å². The van der Waals surface area contributed by atoms with Crippen LogP contribution in [0, 0.1) is 12.7 Å². The number of benzene rings is 2. The Labute approximate surface area is 152 Å². The van der Waals surface area contributed by atoms with Crippen LogP contribution in [0.2, 0.25) is 0 Å². The summed E-state index contributed by atoms with van der Waals surface area (Å²) in [6.07, 6.45) is 0.397. The van der Waals surface area contributed by atoms with Crippen LogP contribution >= 0.6 is 15.9 Å². The van der Waals surface area contributed by atoms with E-state index in [9.17, 15) is 9.18 Å². The first-order valence-corrected chi connectivity index (χ1v) is 8.45. The highest BCUT2D eigenvalue weighted by Gasteiger charge is 2.12. The van der Waals surface area contributed by atoms with Crippen molar-refractivity contribution in [2.45, 2.75) is 19.8 Å². The molecule has 0 spiro atoms. The number of carbonyl (C=O) groups is 1. The van der Waals surface area contributed by atoms with Gasteiger partial charge in [-0.2, -0.15) is 0 Å². The van der Waals surface area contributed by atoms with Gasteiger partial charge in [0.25, 0.3) is 0 Å². The largest absolute Gasteiger partial charge is 0.421 e. The lowest BCUT2D eigenvalue weighted by Crippen LogP contribution is -2.13. The van der Waals surface area contributed by atoms with E-state index in [0.29, 0.717) is 16.3 Å². The molecule has 0 bridgehead atoms. The zero-order chi connectivity index (χ0) is 17.8. The maximum absolute atomic E-state index is 13.7. The first-order valence-electron chi connectivity index (χ1n) is 7.65. The number of hydrogen-bond donors (Lipinski definition) is 1. The Kier molecular flexibility index (Phi) is 5.23. The van der Waals surface area contributed by atoms with Gasteiger partial charge in [0.2, 0.25) is 17.7 Å². The Balaban J connectivity index is 1.58. The van der Waals surface area contributed by atoms with Crippen molar-refractivity contribution in [1.82, 2.24) is 10.2 Å². The second kappa shape index (κ2) is 7.57. The average Bonchev–Trinajstić information content (AvgIpc) is 3.05. The molecule has 0 radical (unpaired) electrons. The van der Waals surface area contributed by atoms with E-state index in [1.54, 1.807) is 6.07 Å². The zero-order valence-electron chi connectivity index (χ0n) is 13.4. The molecule has 0 aliphatic carbocycles.